The molecule has 21 heavy (non-hydrogen) atoms. The molecule has 2 aliphatic heterocycles. The molecule has 3 heterocycles. The van der Waals surface area contributed by atoms with E-state index in [-0.39, 0.29) is 0 Å². The van der Waals surface area contributed by atoms with Crippen LogP contribution in [0.25, 0.3) is 0 Å². The maximum absolute atomic E-state index is 4.72. The molecule has 0 radical (unpaired) electrons. The van der Waals surface area contributed by atoms with Crippen LogP contribution in [-0.4, -0.2) is 40.9 Å². The number of aromatic amines is 1. The number of benzene rings is 1. The summed E-state index contributed by atoms with van der Waals surface area (Å²) in [4.78, 5) is 7.11. The van der Waals surface area contributed by atoms with E-state index in [1.54, 1.807) is 0 Å². The molecule has 0 spiro atoms. The largest absolute Gasteiger partial charge is 0.335 e. The molecule has 2 aliphatic rings. The summed E-state index contributed by atoms with van der Waals surface area (Å²) in [5, 5.41) is 11.1. The van der Waals surface area contributed by atoms with Crippen LogP contribution < -0.4 is 10.2 Å². The Balaban J connectivity index is 1.51. The molecule has 110 valence electrons. The number of fused-ring (bicyclic) bond motifs is 1. The van der Waals surface area contributed by atoms with Gasteiger partial charge in [0.1, 0.15) is 5.82 Å². The van der Waals surface area contributed by atoms with Crippen molar-refractivity contribution in [2.45, 2.75) is 25.3 Å². The van der Waals surface area contributed by atoms with Crippen LogP contribution in [0.15, 0.2) is 30.3 Å². The van der Waals surface area contributed by atoms with Gasteiger partial charge in [0.2, 0.25) is 5.95 Å². The Bertz CT molecular complexity index is 594. The van der Waals surface area contributed by atoms with Crippen molar-refractivity contribution in [3.63, 3.8) is 0 Å². The van der Waals surface area contributed by atoms with E-state index < -0.39 is 0 Å². The van der Waals surface area contributed by atoms with Crippen molar-refractivity contribution < 1.29 is 0 Å². The summed E-state index contributed by atoms with van der Waals surface area (Å²) >= 11 is 0. The van der Waals surface area contributed by atoms with Crippen molar-refractivity contribution in [2.75, 3.05) is 24.5 Å². The Morgan fingerprint density at radius 3 is 3.00 bits per heavy atom. The summed E-state index contributed by atoms with van der Waals surface area (Å²) in [6, 6.07) is 11.0. The standard InChI is InChI=1S/C16H21N5/c1-2-5-12(6-3-1)9-15-18-16(20-19-15)21-8-4-7-13-10-17-11-14(13)21/h1-3,5-6,13-14,17H,4,7-11H2,(H,18,19,20). The minimum Gasteiger partial charge on any atom is -0.335 e. The highest BCUT2D eigenvalue weighted by Crippen LogP contribution is 2.29. The quantitative estimate of drug-likeness (QED) is 0.898. The lowest BCUT2D eigenvalue weighted by Gasteiger charge is -2.36. The number of anilines is 1. The molecule has 5 heteroatoms. The van der Waals surface area contributed by atoms with Crippen LogP contribution in [0.1, 0.15) is 24.2 Å². The van der Waals surface area contributed by atoms with Gasteiger partial charge >= 0.3 is 0 Å². The molecule has 2 aromatic rings. The zero-order chi connectivity index (χ0) is 14.1. The number of piperidine rings is 1. The van der Waals surface area contributed by atoms with Crippen LogP contribution in [0.3, 0.4) is 0 Å². The normalized spacial score (nSPS) is 25.0. The SMILES string of the molecule is c1ccc(Cc2nc(N3CCCC4CNCC43)n[nH]2)cc1. The Morgan fingerprint density at radius 2 is 2.10 bits per heavy atom. The average molecular weight is 283 g/mol. The van der Waals surface area contributed by atoms with E-state index in [1.165, 1.54) is 18.4 Å². The van der Waals surface area contributed by atoms with Crippen LogP contribution in [-0.2, 0) is 6.42 Å². The fraction of sp³-hybridized carbons (Fsp3) is 0.500. The molecule has 2 fully saturated rings. The summed E-state index contributed by atoms with van der Waals surface area (Å²) in [6.45, 7) is 3.28. The van der Waals surface area contributed by atoms with Gasteiger partial charge in [-0.3, -0.25) is 5.10 Å². The molecule has 2 unspecified atom stereocenters. The molecule has 0 aliphatic carbocycles. The van der Waals surface area contributed by atoms with Gasteiger partial charge in [0.05, 0.1) is 0 Å². The second-order valence-electron chi connectivity index (χ2n) is 6.07. The molecule has 1 aromatic carbocycles. The number of hydrogen-bond donors (Lipinski definition) is 2. The molecular formula is C16H21N5. The van der Waals surface area contributed by atoms with E-state index >= 15 is 0 Å². The Hall–Kier alpha value is -1.88. The number of nitrogens with zero attached hydrogens (tertiary/aromatic N) is 3. The van der Waals surface area contributed by atoms with Crippen molar-refractivity contribution in [1.82, 2.24) is 20.5 Å². The van der Waals surface area contributed by atoms with Crippen molar-refractivity contribution in [3.8, 4) is 0 Å². The van der Waals surface area contributed by atoms with Crippen molar-refractivity contribution in [3.05, 3.63) is 41.7 Å². The van der Waals surface area contributed by atoms with E-state index in [2.05, 4.69) is 44.7 Å². The monoisotopic (exact) mass is 283 g/mol. The van der Waals surface area contributed by atoms with E-state index in [4.69, 9.17) is 4.98 Å². The minimum absolute atomic E-state index is 0.569. The van der Waals surface area contributed by atoms with E-state index in [1.807, 2.05) is 6.07 Å². The van der Waals surface area contributed by atoms with Gasteiger partial charge < -0.3 is 10.2 Å². The van der Waals surface area contributed by atoms with Crippen LogP contribution in [0.5, 0.6) is 0 Å². The lowest BCUT2D eigenvalue weighted by molar-refractivity contribution is 0.381. The van der Waals surface area contributed by atoms with Crippen molar-refractivity contribution in [2.24, 2.45) is 5.92 Å². The number of hydrogen-bond acceptors (Lipinski definition) is 4. The van der Waals surface area contributed by atoms with E-state index in [9.17, 15) is 0 Å². The number of rotatable bonds is 3. The predicted molar refractivity (Wildman–Crippen MR) is 82.4 cm³/mol. The Labute approximate surface area is 124 Å². The molecule has 1 aromatic heterocycles. The number of nitrogens with one attached hydrogen (secondary N) is 2. The molecule has 2 atom stereocenters. The summed E-state index contributed by atoms with van der Waals surface area (Å²) in [5.41, 5.74) is 1.26. The third-order valence-electron chi connectivity index (χ3n) is 4.67. The van der Waals surface area contributed by atoms with Gasteiger partial charge in [-0.1, -0.05) is 30.3 Å². The minimum atomic E-state index is 0.569. The maximum Gasteiger partial charge on any atom is 0.245 e. The Kier molecular flexibility index (Phi) is 3.35. The molecule has 5 nitrogen and oxygen atoms in total. The molecule has 0 bridgehead atoms. The van der Waals surface area contributed by atoms with Crippen LogP contribution in [0.2, 0.25) is 0 Å². The second-order valence-corrected chi connectivity index (χ2v) is 6.07. The third-order valence-corrected chi connectivity index (χ3v) is 4.67. The number of aromatic nitrogens is 3. The smallest absolute Gasteiger partial charge is 0.245 e. The first kappa shape index (κ1) is 12.8. The van der Waals surface area contributed by atoms with Gasteiger partial charge in [0.15, 0.2) is 0 Å². The van der Waals surface area contributed by atoms with Crippen LogP contribution in [0.4, 0.5) is 5.95 Å². The zero-order valence-electron chi connectivity index (χ0n) is 12.1. The van der Waals surface area contributed by atoms with Crippen molar-refractivity contribution >= 4 is 5.95 Å². The van der Waals surface area contributed by atoms with Gasteiger partial charge in [-0.2, -0.15) is 4.98 Å². The van der Waals surface area contributed by atoms with Gasteiger partial charge in [-0.15, -0.1) is 5.10 Å². The molecule has 2 N–H and O–H groups in total. The first-order valence-corrected chi connectivity index (χ1v) is 7.83. The fourth-order valence-corrected chi connectivity index (χ4v) is 3.60. The van der Waals surface area contributed by atoms with E-state index in [0.717, 1.165) is 43.7 Å². The molecule has 2 saturated heterocycles. The molecule has 0 saturated carbocycles. The molecule has 4 rings (SSSR count). The first-order valence-electron chi connectivity index (χ1n) is 7.83. The highest BCUT2D eigenvalue weighted by molar-refractivity contribution is 5.34. The molecule has 0 amide bonds. The average Bonchev–Trinajstić information content (AvgIpc) is 3.16. The molecular weight excluding hydrogens is 262 g/mol. The topological polar surface area (TPSA) is 56.8 Å². The summed E-state index contributed by atoms with van der Waals surface area (Å²) in [5.74, 6) is 2.58. The van der Waals surface area contributed by atoms with Crippen LogP contribution in [0, 0.1) is 5.92 Å². The highest BCUT2D eigenvalue weighted by atomic mass is 15.4. The highest BCUT2D eigenvalue weighted by Gasteiger charge is 2.36. The van der Waals surface area contributed by atoms with E-state index in [0.29, 0.717) is 6.04 Å². The third kappa shape index (κ3) is 2.53. The fourth-order valence-electron chi connectivity index (χ4n) is 3.60. The van der Waals surface area contributed by atoms with Gasteiger partial charge in [0.25, 0.3) is 0 Å². The van der Waals surface area contributed by atoms with Crippen LogP contribution >= 0.6 is 0 Å². The maximum atomic E-state index is 4.72. The summed E-state index contributed by atoms with van der Waals surface area (Å²) in [6.07, 6.45) is 3.38. The van der Waals surface area contributed by atoms with Gasteiger partial charge in [-0.05, 0) is 24.3 Å². The van der Waals surface area contributed by atoms with Gasteiger partial charge in [0, 0.05) is 32.1 Å². The number of H-pyrrole nitrogens is 1. The zero-order valence-corrected chi connectivity index (χ0v) is 12.1. The second kappa shape index (κ2) is 5.48. The summed E-state index contributed by atoms with van der Waals surface area (Å²) < 4.78 is 0. The summed E-state index contributed by atoms with van der Waals surface area (Å²) in [7, 11) is 0. The lowest BCUT2D eigenvalue weighted by atomic mass is 9.92. The van der Waals surface area contributed by atoms with Crippen molar-refractivity contribution in [1.29, 1.82) is 0 Å². The Morgan fingerprint density at radius 1 is 1.19 bits per heavy atom. The van der Waals surface area contributed by atoms with Gasteiger partial charge in [-0.25, -0.2) is 0 Å². The lowest BCUT2D eigenvalue weighted by Crippen LogP contribution is -2.45. The first-order chi connectivity index (χ1) is 10.4. The predicted octanol–water partition coefficient (Wildman–Crippen LogP) is 1.58.